The molecular formula is C28H60O2Sn. The zero-order chi connectivity index (χ0) is 23.6. The molecule has 0 bridgehead atoms. The van der Waals surface area contributed by atoms with E-state index in [2.05, 4.69) is 30.7 Å². The molecule has 1 N–H and O–H groups in total. The van der Waals surface area contributed by atoms with E-state index in [0.29, 0.717) is 6.42 Å². The summed E-state index contributed by atoms with van der Waals surface area (Å²) in [5.74, 6) is -0.663. The molecule has 0 fully saturated rings. The fourth-order valence-electron chi connectivity index (χ4n) is 4.13. The predicted octanol–water partition coefficient (Wildman–Crippen LogP) is 10.6. The van der Waals surface area contributed by atoms with Crippen LogP contribution in [0.4, 0.5) is 0 Å². The molecule has 31 heavy (non-hydrogen) atoms. The predicted molar refractivity (Wildman–Crippen MR) is 144 cm³/mol. The number of carboxylic acids is 1. The van der Waals surface area contributed by atoms with Gasteiger partial charge >= 0.3 is 134 Å². The van der Waals surface area contributed by atoms with Crippen LogP contribution >= 0.6 is 0 Å². The van der Waals surface area contributed by atoms with Crippen LogP contribution in [-0.4, -0.2) is 29.5 Å². The molecule has 0 aliphatic rings. The number of unbranched alkanes of at least 4 members (excludes halogenated alkanes) is 16. The van der Waals surface area contributed by atoms with E-state index in [0.717, 1.165) is 12.8 Å². The topological polar surface area (TPSA) is 37.3 Å². The van der Waals surface area contributed by atoms with Crippen LogP contribution in [0.3, 0.4) is 0 Å². The van der Waals surface area contributed by atoms with Crippen LogP contribution in [0.25, 0.3) is 0 Å². The van der Waals surface area contributed by atoms with E-state index in [9.17, 15) is 4.79 Å². The first kappa shape index (κ1) is 33.4. The van der Waals surface area contributed by atoms with Crippen molar-refractivity contribution in [2.45, 2.75) is 168 Å². The number of hydrogen-bond acceptors (Lipinski definition) is 1. The van der Waals surface area contributed by atoms with Gasteiger partial charge in [0.25, 0.3) is 0 Å². The molecule has 0 saturated heterocycles. The van der Waals surface area contributed by atoms with Gasteiger partial charge in [0.2, 0.25) is 0 Å². The maximum absolute atomic E-state index is 10.1. The van der Waals surface area contributed by atoms with Gasteiger partial charge in [-0.2, -0.15) is 0 Å². The molecule has 0 aromatic heterocycles. The third-order valence-electron chi connectivity index (χ3n) is 6.41. The monoisotopic (exact) mass is 548 g/mol. The van der Waals surface area contributed by atoms with Gasteiger partial charge in [0.15, 0.2) is 0 Å². The minimum atomic E-state index is -1.57. The summed E-state index contributed by atoms with van der Waals surface area (Å²) in [6, 6.07) is 0. The Morgan fingerprint density at radius 1 is 0.516 bits per heavy atom. The zero-order valence-corrected chi connectivity index (χ0v) is 25.3. The van der Waals surface area contributed by atoms with E-state index in [4.69, 9.17) is 5.11 Å². The van der Waals surface area contributed by atoms with Gasteiger partial charge in [-0.05, 0) is 6.42 Å². The first-order valence-corrected chi connectivity index (χ1v) is 23.9. The average molecular weight is 547 g/mol. The second kappa shape index (κ2) is 26.5. The summed E-state index contributed by atoms with van der Waals surface area (Å²) in [4.78, 5) is 15.5. The van der Waals surface area contributed by atoms with Crippen LogP contribution in [-0.2, 0) is 4.79 Å². The summed E-state index contributed by atoms with van der Waals surface area (Å²) >= 11 is -1.57. The molecule has 0 spiro atoms. The summed E-state index contributed by atoms with van der Waals surface area (Å²) in [5.41, 5.74) is 0. The molecular weight excluding hydrogens is 487 g/mol. The number of hydrogen-bond donors (Lipinski definition) is 1. The van der Waals surface area contributed by atoms with Crippen molar-refractivity contribution < 1.29 is 9.90 Å². The fourth-order valence-corrected chi connectivity index (χ4v) is 11.7. The molecule has 0 amide bonds. The van der Waals surface area contributed by atoms with E-state index in [1.54, 1.807) is 21.7 Å². The molecule has 0 unspecified atom stereocenters. The Kier molecular flexibility index (Phi) is 28.6. The van der Waals surface area contributed by atoms with E-state index < -0.39 is 24.3 Å². The molecule has 0 aromatic carbocycles. The summed E-state index contributed by atoms with van der Waals surface area (Å²) in [6.45, 7) is 6.81. The Balaban J connectivity index is 0. The second-order valence-electron chi connectivity index (χ2n) is 10.5. The summed E-state index contributed by atoms with van der Waals surface area (Å²) < 4.78 is 3.30. The average Bonchev–Trinajstić information content (AvgIpc) is 2.73. The van der Waals surface area contributed by atoms with Gasteiger partial charge in [0.1, 0.15) is 0 Å². The van der Waals surface area contributed by atoms with Crippen molar-refractivity contribution in [2.75, 3.05) is 0 Å². The summed E-state index contributed by atoms with van der Waals surface area (Å²) in [5, 5.41) is 8.35. The van der Waals surface area contributed by atoms with Crippen molar-refractivity contribution in [3.63, 3.8) is 0 Å². The van der Waals surface area contributed by atoms with Gasteiger partial charge in [-0.3, -0.25) is 4.79 Å². The number of carbonyl (C=O) groups is 1. The number of carboxylic acid groups (broad SMARTS) is 1. The van der Waals surface area contributed by atoms with Gasteiger partial charge in [-0.25, -0.2) is 0 Å². The van der Waals surface area contributed by atoms with E-state index in [-0.39, 0.29) is 0 Å². The van der Waals surface area contributed by atoms with Crippen LogP contribution < -0.4 is 0 Å². The normalized spacial score (nSPS) is 11.3. The van der Waals surface area contributed by atoms with E-state index in [1.165, 1.54) is 96.3 Å². The zero-order valence-electron chi connectivity index (χ0n) is 22.4. The van der Waals surface area contributed by atoms with Crippen LogP contribution in [0, 0.1) is 0 Å². The molecule has 0 aliphatic carbocycles. The van der Waals surface area contributed by atoms with Crippen molar-refractivity contribution in [3.8, 4) is 0 Å². The number of aliphatic carboxylic acids is 1. The number of rotatable bonds is 22. The SMILES string of the molecule is CCCCCCCCCC(=O)O.CCCCCCC[CH2][Sn]([CH3])([CH3])[CH2]CCCCCCC. The van der Waals surface area contributed by atoms with Gasteiger partial charge < -0.3 is 5.11 Å². The molecule has 0 atom stereocenters. The van der Waals surface area contributed by atoms with E-state index in [1.807, 2.05) is 0 Å². The Labute approximate surface area is 201 Å². The molecule has 0 heterocycles. The second-order valence-corrected chi connectivity index (χ2v) is 25.7. The Morgan fingerprint density at radius 2 is 0.806 bits per heavy atom. The summed E-state index contributed by atoms with van der Waals surface area (Å²) in [6.07, 6.45) is 26.3. The van der Waals surface area contributed by atoms with Crippen LogP contribution in [0.15, 0.2) is 0 Å². The van der Waals surface area contributed by atoms with Crippen molar-refractivity contribution in [1.82, 2.24) is 0 Å². The third kappa shape index (κ3) is 32.5. The van der Waals surface area contributed by atoms with Gasteiger partial charge in [0.05, 0.1) is 0 Å². The molecule has 0 rings (SSSR count). The molecule has 3 heteroatoms. The van der Waals surface area contributed by atoms with E-state index >= 15 is 0 Å². The van der Waals surface area contributed by atoms with Crippen molar-refractivity contribution in [3.05, 3.63) is 0 Å². The maximum atomic E-state index is 10.1. The van der Waals surface area contributed by atoms with Crippen molar-refractivity contribution in [1.29, 1.82) is 0 Å². The molecule has 188 valence electrons. The van der Waals surface area contributed by atoms with Crippen LogP contribution in [0.5, 0.6) is 0 Å². The quantitative estimate of drug-likeness (QED) is 0.108. The van der Waals surface area contributed by atoms with Gasteiger partial charge in [-0.15, -0.1) is 0 Å². The third-order valence-corrected chi connectivity index (χ3v) is 16.2. The Bertz CT molecular complexity index is 337. The Morgan fingerprint density at radius 3 is 1.13 bits per heavy atom. The van der Waals surface area contributed by atoms with Crippen molar-refractivity contribution in [2.24, 2.45) is 0 Å². The Hall–Kier alpha value is 0.269. The standard InChI is InChI=1S/C10H20O2.2C8H17.2CH3.Sn/c1-2-3-4-5-6-7-8-9-10(11)12;2*1-3-5-7-8-6-4-2;;;/h2-9H2,1H3,(H,11,12);2*1,3-8H2,2H3;2*1H3;. The molecule has 0 saturated carbocycles. The van der Waals surface area contributed by atoms with Crippen LogP contribution in [0.1, 0.15) is 149 Å². The molecule has 0 aromatic rings. The van der Waals surface area contributed by atoms with Gasteiger partial charge in [-0.1, -0.05) is 45.4 Å². The van der Waals surface area contributed by atoms with Gasteiger partial charge in [0, 0.05) is 6.42 Å². The van der Waals surface area contributed by atoms with Crippen molar-refractivity contribution >= 4 is 24.3 Å². The van der Waals surface area contributed by atoms with Crippen LogP contribution in [0.2, 0.25) is 18.8 Å². The molecule has 0 aliphatic heterocycles. The molecule has 2 nitrogen and oxygen atoms in total. The molecule has 0 radical (unpaired) electrons. The fraction of sp³-hybridized carbons (Fsp3) is 0.964. The minimum absolute atomic E-state index is 0.341. The first-order chi connectivity index (χ1) is 14.9. The summed E-state index contributed by atoms with van der Waals surface area (Å²) in [7, 11) is 0. The first-order valence-electron chi connectivity index (χ1n) is 14.1.